The van der Waals surface area contributed by atoms with E-state index in [1.807, 2.05) is 12.2 Å². The first-order chi connectivity index (χ1) is 8.74. The molecule has 0 N–H and O–H groups in total. The molecule has 0 heterocycles. The van der Waals surface area contributed by atoms with Gasteiger partial charge in [0.1, 0.15) is 11.6 Å². The average Bonchev–Trinajstić information content (AvgIpc) is 2.39. The molecule has 2 heteroatoms. The van der Waals surface area contributed by atoms with Crippen LogP contribution in [0.2, 0.25) is 0 Å². The van der Waals surface area contributed by atoms with Crippen molar-refractivity contribution in [3.8, 4) is 0 Å². The Labute approximate surface area is 106 Å². The zero-order valence-electron chi connectivity index (χ0n) is 9.94. The Morgan fingerprint density at radius 1 is 0.778 bits per heavy atom. The van der Waals surface area contributed by atoms with Gasteiger partial charge in [0.2, 0.25) is 0 Å². The van der Waals surface area contributed by atoms with Crippen LogP contribution in [0.5, 0.6) is 0 Å². The summed E-state index contributed by atoms with van der Waals surface area (Å²) >= 11 is 0. The maximum absolute atomic E-state index is 12.7. The standard InChI is InChI=1S/C16H14F2/c17-15-9-5-13(6-10-15)3-1-2-4-14-7-11-16(18)12-8-14/h1,3,5-12H,2,4H2/b3-1+. The van der Waals surface area contributed by atoms with E-state index < -0.39 is 0 Å². The van der Waals surface area contributed by atoms with E-state index in [1.165, 1.54) is 24.3 Å². The zero-order chi connectivity index (χ0) is 12.8. The minimum absolute atomic E-state index is 0.208. The third kappa shape index (κ3) is 3.81. The predicted octanol–water partition coefficient (Wildman–Crippen LogP) is 4.61. The van der Waals surface area contributed by atoms with Gasteiger partial charge in [-0.15, -0.1) is 0 Å². The molecule has 0 nitrogen and oxygen atoms in total. The Morgan fingerprint density at radius 2 is 1.33 bits per heavy atom. The molecule has 0 saturated carbocycles. The lowest BCUT2D eigenvalue weighted by Gasteiger charge is -1.98. The second-order valence-electron chi connectivity index (χ2n) is 4.12. The van der Waals surface area contributed by atoms with Gasteiger partial charge in [0.25, 0.3) is 0 Å². The molecular weight excluding hydrogens is 230 g/mol. The van der Waals surface area contributed by atoms with Gasteiger partial charge in [-0.3, -0.25) is 0 Å². The van der Waals surface area contributed by atoms with Crippen LogP contribution in [0.1, 0.15) is 17.5 Å². The van der Waals surface area contributed by atoms with Crippen molar-refractivity contribution in [2.45, 2.75) is 12.8 Å². The topological polar surface area (TPSA) is 0 Å². The number of rotatable bonds is 4. The van der Waals surface area contributed by atoms with Crippen molar-refractivity contribution in [1.82, 2.24) is 0 Å². The molecule has 0 saturated heterocycles. The van der Waals surface area contributed by atoms with E-state index in [0.29, 0.717) is 0 Å². The fraction of sp³-hybridized carbons (Fsp3) is 0.125. The third-order valence-corrected chi connectivity index (χ3v) is 2.69. The molecule has 0 amide bonds. The van der Waals surface area contributed by atoms with Crippen LogP contribution >= 0.6 is 0 Å². The minimum atomic E-state index is -0.224. The lowest BCUT2D eigenvalue weighted by atomic mass is 10.1. The van der Waals surface area contributed by atoms with Crippen LogP contribution in [0.15, 0.2) is 54.6 Å². The summed E-state index contributed by atoms with van der Waals surface area (Å²) in [4.78, 5) is 0. The highest BCUT2D eigenvalue weighted by Gasteiger charge is 1.93. The summed E-state index contributed by atoms with van der Waals surface area (Å²) in [5, 5.41) is 0. The SMILES string of the molecule is Fc1ccc(/C=C/CCc2ccc(F)cc2)cc1. The maximum Gasteiger partial charge on any atom is 0.123 e. The molecule has 0 unspecified atom stereocenters. The monoisotopic (exact) mass is 244 g/mol. The quantitative estimate of drug-likeness (QED) is 0.736. The van der Waals surface area contributed by atoms with Gasteiger partial charge in [-0.2, -0.15) is 0 Å². The highest BCUT2D eigenvalue weighted by atomic mass is 19.1. The van der Waals surface area contributed by atoms with E-state index in [9.17, 15) is 8.78 Å². The third-order valence-electron chi connectivity index (χ3n) is 2.69. The summed E-state index contributed by atoms with van der Waals surface area (Å²) in [5.74, 6) is -0.431. The molecule has 2 aromatic carbocycles. The van der Waals surface area contributed by atoms with Gasteiger partial charge in [-0.05, 0) is 48.2 Å². The molecule has 0 aliphatic heterocycles. The van der Waals surface area contributed by atoms with E-state index in [0.717, 1.165) is 24.0 Å². The van der Waals surface area contributed by atoms with Crippen LogP contribution in [0.3, 0.4) is 0 Å². The molecule has 0 aliphatic carbocycles. The van der Waals surface area contributed by atoms with E-state index in [2.05, 4.69) is 0 Å². The van der Waals surface area contributed by atoms with Gasteiger partial charge in [-0.25, -0.2) is 8.78 Å². The van der Waals surface area contributed by atoms with Gasteiger partial charge < -0.3 is 0 Å². The number of aryl methyl sites for hydroxylation is 1. The number of hydrogen-bond donors (Lipinski definition) is 0. The lowest BCUT2D eigenvalue weighted by molar-refractivity contribution is 0.626. The highest BCUT2D eigenvalue weighted by Crippen LogP contribution is 2.08. The second-order valence-corrected chi connectivity index (χ2v) is 4.12. The Morgan fingerprint density at radius 3 is 1.94 bits per heavy atom. The molecular formula is C16H14F2. The Balaban J connectivity index is 1.84. The molecule has 0 aromatic heterocycles. The van der Waals surface area contributed by atoms with Crippen molar-refractivity contribution >= 4 is 6.08 Å². The fourth-order valence-electron chi connectivity index (χ4n) is 1.69. The number of hydrogen-bond acceptors (Lipinski definition) is 0. The molecule has 18 heavy (non-hydrogen) atoms. The smallest absolute Gasteiger partial charge is 0.123 e. The van der Waals surface area contributed by atoms with Gasteiger partial charge in [0, 0.05) is 0 Å². The van der Waals surface area contributed by atoms with Crippen molar-refractivity contribution in [2.24, 2.45) is 0 Å². The highest BCUT2D eigenvalue weighted by molar-refractivity contribution is 5.48. The molecule has 0 fully saturated rings. The van der Waals surface area contributed by atoms with Crippen molar-refractivity contribution in [3.63, 3.8) is 0 Å². The van der Waals surface area contributed by atoms with Crippen LogP contribution < -0.4 is 0 Å². The second kappa shape index (κ2) is 6.10. The number of allylic oxidation sites excluding steroid dienone is 1. The Hall–Kier alpha value is -1.96. The van der Waals surface area contributed by atoms with Gasteiger partial charge in [0.15, 0.2) is 0 Å². The van der Waals surface area contributed by atoms with Crippen LogP contribution in [0.4, 0.5) is 8.78 Å². The zero-order valence-corrected chi connectivity index (χ0v) is 9.94. The molecule has 2 rings (SSSR count). The largest absolute Gasteiger partial charge is 0.207 e. The summed E-state index contributed by atoms with van der Waals surface area (Å²) < 4.78 is 25.4. The van der Waals surface area contributed by atoms with Gasteiger partial charge in [0.05, 0.1) is 0 Å². The first-order valence-electron chi connectivity index (χ1n) is 5.90. The Kier molecular flexibility index (Phi) is 4.24. The van der Waals surface area contributed by atoms with Gasteiger partial charge in [-0.1, -0.05) is 36.4 Å². The number of halogens is 2. The first kappa shape index (κ1) is 12.5. The Bertz CT molecular complexity index is 510. The van der Waals surface area contributed by atoms with Crippen LogP contribution in [-0.2, 0) is 6.42 Å². The van der Waals surface area contributed by atoms with E-state index in [-0.39, 0.29) is 11.6 Å². The summed E-state index contributed by atoms with van der Waals surface area (Å²) in [7, 11) is 0. The molecule has 0 spiro atoms. The summed E-state index contributed by atoms with van der Waals surface area (Å²) in [5.41, 5.74) is 2.09. The maximum atomic E-state index is 12.7. The van der Waals surface area contributed by atoms with Gasteiger partial charge >= 0.3 is 0 Å². The summed E-state index contributed by atoms with van der Waals surface area (Å²) in [6, 6.07) is 12.9. The van der Waals surface area contributed by atoms with E-state index in [1.54, 1.807) is 24.3 Å². The normalized spacial score (nSPS) is 11.0. The van der Waals surface area contributed by atoms with E-state index >= 15 is 0 Å². The molecule has 0 radical (unpaired) electrons. The summed E-state index contributed by atoms with van der Waals surface area (Å²) in [6.45, 7) is 0. The molecule has 0 atom stereocenters. The van der Waals surface area contributed by atoms with Crippen LogP contribution in [-0.4, -0.2) is 0 Å². The predicted molar refractivity (Wildman–Crippen MR) is 70.2 cm³/mol. The lowest BCUT2D eigenvalue weighted by Crippen LogP contribution is -1.83. The fourth-order valence-corrected chi connectivity index (χ4v) is 1.69. The number of benzene rings is 2. The molecule has 0 aliphatic rings. The van der Waals surface area contributed by atoms with Crippen molar-refractivity contribution in [3.05, 3.63) is 77.4 Å². The van der Waals surface area contributed by atoms with E-state index in [4.69, 9.17) is 0 Å². The first-order valence-corrected chi connectivity index (χ1v) is 5.90. The summed E-state index contributed by atoms with van der Waals surface area (Å²) in [6.07, 6.45) is 5.75. The molecule has 2 aromatic rings. The minimum Gasteiger partial charge on any atom is -0.207 e. The van der Waals surface area contributed by atoms with Crippen molar-refractivity contribution < 1.29 is 8.78 Å². The van der Waals surface area contributed by atoms with Crippen molar-refractivity contribution in [1.29, 1.82) is 0 Å². The van der Waals surface area contributed by atoms with Crippen molar-refractivity contribution in [2.75, 3.05) is 0 Å². The van der Waals surface area contributed by atoms with Crippen LogP contribution in [0.25, 0.3) is 6.08 Å². The average molecular weight is 244 g/mol. The molecule has 0 bridgehead atoms. The molecule has 92 valence electrons. The van der Waals surface area contributed by atoms with Crippen LogP contribution in [0, 0.1) is 11.6 Å².